The van der Waals surface area contributed by atoms with E-state index in [1.54, 1.807) is 6.07 Å². The van der Waals surface area contributed by atoms with Crippen molar-refractivity contribution >= 4 is 12.0 Å². The Bertz CT molecular complexity index is 434. The topological polar surface area (TPSA) is 105 Å². The molecule has 104 valence electrons. The van der Waals surface area contributed by atoms with Gasteiger partial charge >= 0.3 is 12.0 Å². The van der Waals surface area contributed by atoms with Crippen LogP contribution >= 0.6 is 0 Å². The zero-order chi connectivity index (χ0) is 13.7. The Labute approximate surface area is 109 Å². The van der Waals surface area contributed by atoms with Gasteiger partial charge in [0.15, 0.2) is 0 Å². The molecule has 1 aromatic heterocycles. The minimum atomic E-state index is -0.954. The van der Waals surface area contributed by atoms with Crippen molar-refractivity contribution in [3.05, 3.63) is 18.0 Å². The quantitative estimate of drug-likeness (QED) is 0.800. The van der Waals surface area contributed by atoms with E-state index in [0.29, 0.717) is 18.8 Å². The lowest BCUT2D eigenvalue weighted by Gasteiger charge is -2.34. The molecule has 1 fully saturated rings. The lowest BCUT2D eigenvalue weighted by Crippen LogP contribution is -2.53. The molecule has 0 spiro atoms. The number of carbonyl (C=O) groups excluding carboxylic acids is 1. The number of hydrogen-bond donors (Lipinski definition) is 2. The maximum atomic E-state index is 12.0. The molecule has 2 heterocycles. The van der Waals surface area contributed by atoms with Gasteiger partial charge in [0.2, 0.25) is 0 Å². The molecular formula is C11H15N3O5. The minimum Gasteiger partial charge on any atom is -0.481 e. The van der Waals surface area contributed by atoms with Crippen molar-refractivity contribution in [3.63, 3.8) is 0 Å². The number of carboxylic acid groups (broad SMARTS) is 1. The van der Waals surface area contributed by atoms with E-state index in [1.165, 1.54) is 11.2 Å². The first-order valence-electron chi connectivity index (χ1n) is 5.90. The van der Waals surface area contributed by atoms with Gasteiger partial charge in [-0.3, -0.25) is 4.79 Å². The van der Waals surface area contributed by atoms with Crippen LogP contribution in [0.2, 0.25) is 0 Å². The summed E-state index contributed by atoms with van der Waals surface area (Å²) < 4.78 is 9.85. The SMILES string of the molecule is O=C(O)CC1COCCN1C(=O)NCc1ccon1. The molecule has 1 unspecified atom stereocenters. The smallest absolute Gasteiger partial charge is 0.318 e. The summed E-state index contributed by atoms with van der Waals surface area (Å²) in [5, 5.41) is 15.2. The summed E-state index contributed by atoms with van der Waals surface area (Å²) in [4.78, 5) is 24.2. The molecule has 2 amide bonds. The minimum absolute atomic E-state index is 0.128. The Morgan fingerprint density at radius 2 is 2.42 bits per heavy atom. The van der Waals surface area contributed by atoms with E-state index in [2.05, 4.69) is 15.0 Å². The van der Waals surface area contributed by atoms with Gasteiger partial charge in [0.25, 0.3) is 0 Å². The zero-order valence-corrected chi connectivity index (χ0v) is 10.2. The Morgan fingerprint density at radius 1 is 1.58 bits per heavy atom. The molecule has 1 aliphatic heterocycles. The Kier molecular flexibility index (Phi) is 4.35. The number of urea groups is 1. The van der Waals surface area contributed by atoms with E-state index in [0.717, 1.165) is 0 Å². The largest absolute Gasteiger partial charge is 0.481 e. The molecule has 0 saturated carbocycles. The van der Waals surface area contributed by atoms with Crippen molar-refractivity contribution in [1.82, 2.24) is 15.4 Å². The number of rotatable bonds is 4. The third-order valence-corrected chi connectivity index (χ3v) is 2.81. The molecular weight excluding hydrogens is 254 g/mol. The third-order valence-electron chi connectivity index (χ3n) is 2.81. The van der Waals surface area contributed by atoms with Crippen LogP contribution in [0.5, 0.6) is 0 Å². The van der Waals surface area contributed by atoms with Crippen LogP contribution in [0.25, 0.3) is 0 Å². The first kappa shape index (κ1) is 13.3. The number of amides is 2. The number of ether oxygens (including phenoxy) is 1. The zero-order valence-electron chi connectivity index (χ0n) is 10.2. The number of morpholine rings is 1. The van der Waals surface area contributed by atoms with Crippen molar-refractivity contribution in [2.75, 3.05) is 19.8 Å². The predicted molar refractivity (Wildman–Crippen MR) is 62.3 cm³/mol. The van der Waals surface area contributed by atoms with Gasteiger partial charge < -0.3 is 24.6 Å². The van der Waals surface area contributed by atoms with Crippen LogP contribution < -0.4 is 5.32 Å². The molecule has 8 nitrogen and oxygen atoms in total. The van der Waals surface area contributed by atoms with E-state index < -0.39 is 12.0 Å². The number of nitrogens with one attached hydrogen (secondary N) is 1. The maximum Gasteiger partial charge on any atom is 0.318 e. The molecule has 1 aliphatic rings. The molecule has 0 aliphatic carbocycles. The molecule has 0 aromatic carbocycles. The lowest BCUT2D eigenvalue weighted by atomic mass is 10.1. The third kappa shape index (κ3) is 3.68. The van der Waals surface area contributed by atoms with E-state index in [-0.39, 0.29) is 25.6 Å². The normalized spacial score (nSPS) is 19.2. The predicted octanol–water partition coefficient (Wildman–Crippen LogP) is 0.0597. The fourth-order valence-corrected chi connectivity index (χ4v) is 1.89. The highest BCUT2D eigenvalue weighted by Crippen LogP contribution is 2.11. The van der Waals surface area contributed by atoms with Crippen LogP contribution in [0, 0.1) is 0 Å². The number of carboxylic acids is 1. The highest BCUT2D eigenvalue weighted by molar-refractivity contribution is 5.76. The lowest BCUT2D eigenvalue weighted by molar-refractivity contribution is -0.139. The Hall–Kier alpha value is -2.09. The van der Waals surface area contributed by atoms with Crippen molar-refractivity contribution in [1.29, 1.82) is 0 Å². The van der Waals surface area contributed by atoms with Gasteiger partial charge in [-0.15, -0.1) is 0 Å². The second-order valence-electron chi connectivity index (χ2n) is 4.17. The molecule has 2 rings (SSSR count). The summed E-state index contributed by atoms with van der Waals surface area (Å²) in [5.74, 6) is -0.954. The highest BCUT2D eigenvalue weighted by atomic mass is 16.5. The van der Waals surface area contributed by atoms with Gasteiger partial charge in [0.1, 0.15) is 12.0 Å². The molecule has 0 radical (unpaired) electrons. The summed E-state index contributed by atoms with van der Waals surface area (Å²) in [6.07, 6.45) is 1.29. The summed E-state index contributed by atoms with van der Waals surface area (Å²) in [7, 11) is 0. The molecule has 8 heteroatoms. The van der Waals surface area contributed by atoms with Crippen molar-refractivity contribution in [2.45, 2.75) is 19.0 Å². The molecule has 0 bridgehead atoms. The molecule has 19 heavy (non-hydrogen) atoms. The average Bonchev–Trinajstić information content (AvgIpc) is 2.89. The number of hydrogen-bond acceptors (Lipinski definition) is 5. The fourth-order valence-electron chi connectivity index (χ4n) is 1.89. The summed E-state index contributed by atoms with van der Waals surface area (Å²) in [6.45, 7) is 1.27. The number of nitrogens with zero attached hydrogens (tertiary/aromatic N) is 2. The fraction of sp³-hybridized carbons (Fsp3) is 0.545. The van der Waals surface area contributed by atoms with Crippen LogP contribution in [0.3, 0.4) is 0 Å². The van der Waals surface area contributed by atoms with Crippen molar-refractivity contribution in [3.8, 4) is 0 Å². The summed E-state index contributed by atoms with van der Waals surface area (Å²) in [6, 6.07) is 0.884. The Balaban J connectivity index is 1.89. The number of aromatic nitrogens is 1. The van der Waals surface area contributed by atoms with Crippen LogP contribution in [0.15, 0.2) is 16.9 Å². The molecule has 1 aromatic rings. The van der Waals surface area contributed by atoms with E-state index in [9.17, 15) is 9.59 Å². The molecule has 1 saturated heterocycles. The van der Waals surface area contributed by atoms with Gasteiger partial charge in [-0.25, -0.2) is 4.79 Å². The van der Waals surface area contributed by atoms with Gasteiger partial charge in [-0.05, 0) is 0 Å². The van der Waals surface area contributed by atoms with Gasteiger partial charge in [-0.2, -0.15) is 0 Å². The number of aliphatic carboxylic acids is 1. The second kappa shape index (κ2) is 6.19. The van der Waals surface area contributed by atoms with E-state index in [4.69, 9.17) is 9.84 Å². The second-order valence-corrected chi connectivity index (χ2v) is 4.17. The first-order chi connectivity index (χ1) is 9.16. The van der Waals surface area contributed by atoms with E-state index in [1.807, 2.05) is 0 Å². The summed E-state index contributed by atoms with van der Waals surface area (Å²) >= 11 is 0. The standard InChI is InChI=1S/C11H15N3O5/c15-10(16)5-9-7-18-4-2-14(9)11(17)12-6-8-1-3-19-13-8/h1,3,9H,2,4-7H2,(H,12,17)(H,15,16). The van der Waals surface area contributed by atoms with Crippen LogP contribution in [-0.4, -0.2) is 53.0 Å². The maximum absolute atomic E-state index is 12.0. The van der Waals surface area contributed by atoms with Crippen LogP contribution in [0.4, 0.5) is 4.79 Å². The van der Waals surface area contributed by atoms with Crippen molar-refractivity contribution in [2.24, 2.45) is 0 Å². The van der Waals surface area contributed by atoms with Crippen LogP contribution in [0.1, 0.15) is 12.1 Å². The first-order valence-corrected chi connectivity index (χ1v) is 5.90. The summed E-state index contributed by atoms with van der Waals surface area (Å²) in [5.41, 5.74) is 0.608. The Morgan fingerprint density at radius 3 is 3.11 bits per heavy atom. The van der Waals surface area contributed by atoms with Gasteiger partial charge in [0.05, 0.1) is 32.2 Å². The van der Waals surface area contributed by atoms with Gasteiger partial charge in [-0.1, -0.05) is 5.16 Å². The highest BCUT2D eigenvalue weighted by Gasteiger charge is 2.29. The molecule has 2 N–H and O–H groups in total. The average molecular weight is 269 g/mol. The van der Waals surface area contributed by atoms with Crippen LogP contribution in [-0.2, 0) is 16.1 Å². The monoisotopic (exact) mass is 269 g/mol. The number of carbonyl (C=O) groups is 2. The van der Waals surface area contributed by atoms with E-state index >= 15 is 0 Å². The van der Waals surface area contributed by atoms with Crippen molar-refractivity contribution < 1.29 is 24.0 Å². The molecule has 1 atom stereocenters. The van der Waals surface area contributed by atoms with Gasteiger partial charge in [0, 0.05) is 12.6 Å².